The molecule has 2 aromatic rings. The van der Waals surface area contributed by atoms with Gasteiger partial charge in [0.25, 0.3) is 0 Å². The van der Waals surface area contributed by atoms with Gasteiger partial charge in [-0.05, 0) is 67.2 Å². The van der Waals surface area contributed by atoms with Crippen molar-refractivity contribution in [1.82, 2.24) is 5.32 Å². The number of hydrogen-bond donors (Lipinski definition) is 1. The van der Waals surface area contributed by atoms with Crippen molar-refractivity contribution in [3.05, 3.63) is 70.8 Å². The quantitative estimate of drug-likeness (QED) is 0.827. The highest BCUT2D eigenvalue weighted by Gasteiger charge is 2.28. The Morgan fingerprint density at radius 3 is 1.65 bits per heavy atom. The van der Waals surface area contributed by atoms with Gasteiger partial charge < -0.3 is 5.32 Å². The molecule has 0 atom stereocenters. The molecule has 0 saturated carbocycles. The minimum absolute atomic E-state index is 0.158. The fourth-order valence-electron chi connectivity index (χ4n) is 3.33. The van der Waals surface area contributed by atoms with E-state index in [1.807, 2.05) is 0 Å². The Labute approximate surface area is 132 Å². The van der Waals surface area contributed by atoms with Crippen LogP contribution in [0.25, 0.3) is 0 Å². The van der Waals surface area contributed by atoms with Crippen LogP contribution in [0.1, 0.15) is 29.9 Å². The molecule has 0 amide bonds. The summed E-state index contributed by atoms with van der Waals surface area (Å²) in [7, 11) is 0. The molecule has 0 spiro atoms. The molecule has 1 nitrogen and oxygen atoms in total. The zero-order chi connectivity index (χ0) is 16.4. The highest BCUT2D eigenvalue weighted by Crippen LogP contribution is 2.37. The van der Waals surface area contributed by atoms with Gasteiger partial charge >= 0.3 is 0 Å². The molecule has 1 aliphatic heterocycles. The van der Waals surface area contributed by atoms with Crippen LogP contribution in [-0.2, 0) is 0 Å². The summed E-state index contributed by atoms with van der Waals surface area (Å²) in [6.45, 7) is 1.63. The molecule has 1 heterocycles. The van der Waals surface area contributed by atoms with Crippen molar-refractivity contribution in [2.75, 3.05) is 13.1 Å². The molecule has 1 saturated heterocycles. The normalized spacial score (nSPS) is 16.0. The highest BCUT2D eigenvalue weighted by atomic mass is 19.2. The molecule has 23 heavy (non-hydrogen) atoms. The van der Waals surface area contributed by atoms with E-state index in [0.717, 1.165) is 50.2 Å². The first-order valence-electron chi connectivity index (χ1n) is 7.67. The summed E-state index contributed by atoms with van der Waals surface area (Å²) in [5, 5.41) is 3.25. The topological polar surface area (TPSA) is 12.0 Å². The molecule has 1 fully saturated rings. The lowest BCUT2D eigenvalue weighted by Crippen LogP contribution is -2.31. The minimum Gasteiger partial charge on any atom is -0.317 e. The van der Waals surface area contributed by atoms with Gasteiger partial charge in [0, 0.05) is 5.92 Å². The number of nitrogens with one attached hydrogen (secondary N) is 1. The summed E-state index contributed by atoms with van der Waals surface area (Å²) < 4.78 is 53.7. The van der Waals surface area contributed by atoms with E-state index in [2.05, 4.69) is 5.32 Å². The number of hydrogen-bond acceptors (Lipinski definition) is 1. The van der Waals surface area contributed by atoms with E-state index in [1.54, 1.807) is 0 Å². The second-order valence-corrected chi connectivity index (χ2v) is 5.91. The van der Waals surface area contributed by atoms with Crippen LogP contribution >= 0.6 is 0 Å². The van der Waals surface area contributed by atoms with Gasteiger partial charge in [0.05, 0.1) is 0 Å². The molecule has 0 aromatic heterocycles. The van der Waals surface area contributed by atoms with E-state index in [0.29, 0.717) is 11.1 Å². The second kappa shape index (κ2) is 6.71. The Morgan fingerprint density at radius 1 is 0.739 bits per heavy atom. The third kappa shape index (κ3) is 3.39. The average Bonchev–Trinajstić information content (AvgIpc) is 2.55. The van der Waals surface area contributed by atoms with Crippen molar-refractivity contribution in [1.29, 1.82) is 0 Å². The van der Waals surface area contributed by atoms with Crippen molar-refractivity contribution < 1.29 is 17.6 Å². The summed E-state index contributed by atoms with van der Waals surface area (Å²) >= 11 is 0. The van der Waals surface area contributed by atoms with Gasteiger partial charge in [0.15, 0.2) is 23.3 Å². The highest BCUT2D eigenvalue weighted by molar-refractivity contribution is 5.34. The van der Waals surface area contributed by atoms with E-state index in [-0.39, 0.29) is 11.8 Å². The molecular formula is C18H17F4N. The monoisotopic (exact) mass is 323 g/mol. The van der Waals surface area contributed by atoms with Gasteiger partial charge in [-0.3, -0.25) is 0 Å². The van der Waals surface area contributed by atoms with Gasteiger partial charge in [0.2, 0.25) is 0 Å². The van der Waals surface area contributed by atoms with Crippen LogP contribution in [0.15, 0.2) is 36.4 Å². The molecule has 0 radical (unpaired) electrons. The molecule has 5 heteroatoms. The zero-order valence-corrected chi connectivity index (χ0v) is 12.5. The van der Waals surface area contributed by atoms with Crippen LogP contribution in [0.3, 0.4) is 0 Å². The van der Waals surface area contributed by atoms with Gasteiger partial charge in [-0.25, -0.2) is 17.6 Å². The van der Waals surface area contributed by atoms with Crippen LogP contribution in [0.4, 0.5) is 17.6 Å². The van der Waals surface area contributed by atoms with Crippen LogP contribution in [0.2, 0.25) is 0 Å². The molecule has 2 aromatic carbocycles. The largest absolute Gasteiger partial charge is 0.317 e. The molecule has 3 rings (SSSR count). The van der Waals surface area contributed by atoms with Crippen LogP contribution in [0.5, 0.6) is 0 Å². The summed E-state index contributed by atoms with van der Waals surface area (Å²) in [6.07, 6.45) is 1.67. The van der Waals surface area contributed by atoms with Crippen molar-refractivity contribution in [2.24, 2.45) is 5.92 Å². The average molecular weight is 323 g/mol. The zero-order valence-electron chi connectivity index (χ0n) is 12.5. The molecule has 0 aliphatic carbocycles. The standard InChI is InChI=1S/C18H17F4N/c19-14-3-1-12(9-16(14)21)18(11-5-7-23-8-6-11)13-2-4-15(20)17(22)10-13/h1-4,9-11,18,23H,5-8H2. The Hall–Kier alpha value is -1.88. The molecular weight excluding hydrogens is 306 g/mol. The Balaban J connectivity index is 2.04. The Morgan fingerprint density at radius 2 is 1.22 bits per heavy atom. The van der Waals surface area contributed by atoms with Crippen LogP contribution in [-0.4, -0.2) is 13.1 Å². The summed E-state index contributed by atoms with van der Waals surface area (Å²) in [6, 6.07) is 7.52. The molecule has 1 N–H and O–H groups in total. The third-order valence-electron chi connectivity index (χ3n) is 4.46. The lowest BCUT2D eigenvalue weighted by Gasteiger charge is -2.31. The first-order chi connectivity index (χ1) is 11.1. The summed E-state index contributed by atoms with van der Waals surface area (Å²) in [5.41, 5.74) is 1.17. The number of benzene rings is 2. The van der Waals surface area contributed by atoms with Gasteiger partial charge in [0.1, 0.15) is 0 Å². The molecule has 0 bridgehead atoms. The van der Waals surface area contributed by atoms with Gasteiger partial charge in [-0.2, -0.15) is 0 Å². The lowest BCUT2D eigenvalue weighted by molar-refractivity contribution is 0.340. The number of piperidine rings is 1. The smallest absolute Gasteiger partial charge is 0.159 e. The third-order valence-corrected chi connectivity index (χ3v) is 4.46. The maximum Gasteiger partial charge on any atom is 0.159 e. The fourth-order valence-corrected chi connectivity index (χ4v) is 3.33. The SMILES string of the molecule is Fc1ccc(C(c2ccc(F)c(F)c2)C2CCNCC2)cc1F. The second-order valence-electron chi connectivity index (χ2n) is 5.91. The summed E-state index contributed by atoms with van der Waals surface area (Å²) in [5.74, 6) is -3.81. The predicted octanol–water partition coefficient (Wildman–Crippen LogP) is 4.37. The van der Waals surface area contributed by atoms with E-state index < -0.39 is 23.3 Å². The number of rotatable bonds is 3. The van der Waals surface area contributed by atoms with E-state index in [4.69, 9.17) is 0 Å². The molecule has 0 unspecified atom stereocenters. The van der Waals surface area contributed by atoms with Crippen LogP contribution < -0.4 is 5.32 Å². The van der Waals surface area contributed by atoms with Gasteiger partial charge in [-0.15, -0.1) is 0 Å². The van der Waals surface area contributed by atoms with Crippen molar-refractivity contribution in [3.63, 3.8) is 0 Å². The lowest BCUT2D eigenvalue weighted by atomic mass is 9.76. The van der Waals surface area contributed by atoms with E-state index in [9.17, 15) is 17.6 Å². The van der Waals surface area contributed by atoms with Crippen molar-refractivity contribution in [3.8, 4) is 0 Å². The van der Waals surface area contributed by atoms with Crippen molar-refractivity contribution >= 4 is 0 Å². The molecule has 122 valence electrons. The van der Waals surface area contributed by atoms with E-state index >= 15 is 0 Å². The Kier molecular flexibility index (Phi) is 4.66. The maximum atomic E-state index is 13.6. The fraction of sp³-hybridized carbons (Fsp3) is 0.333. The summed E-state index contributed by atoms with van der Waals surface area (Å²) in [4.78, 5) is 0. The van der Waals surface area contributed by atoms with Gasteiger partial charge in [-0.1, -0.05) is 12.1 Å². The Bertz CT molecular complexity index is 644. The molecule has 1 aliphatic rings. The first kappa shape index (κ1) is 16.0. The predicted molar refractivity (Wildman–Crippen MR) is 80.2 cm³/mol. The maximum absolute atomic E-state index is 13.6. The number of halogens is 4. The minimum atomic E-state index is -0.927. The first-order valence-corrected chi connectivity index (χ1v) is 7.67. The van der Waals surface area contributed by atoms with E-state index in [1.165, 1.54) is 12.1 Å². The van der Waals surface area contributed by atoms with Crippen LogP contribution in [0, 0.1) is 29.2 Å². The van der Waals surface area contributed by atoms with Crippen molar-refractivity contribution in [2.45, 2.75) is 18.8 Å².